The number of aliphatic hydroxyl groups excluding tert-OH is 1. The molecule has 6 nitrogen and oxygen atoms in total. The number of halogens is 1. The van der Waals surface area contributed by atoms with Crippen molar-refractivity contribution in [2.75, 3.05) is 19.7 Å². The number of rotatable bonds is 3. The van der Waals surface area contributed by atoms with Crippen LogP contribution in [0.2, 0.25) is 4.47 Å². The van der Waals surface area contributed by atoms with Gasteiger partial charge in [-0.1, -0.05) is 22.9 Å². The Morgan fingerprint density at radius 2 is 2.37 bits per heavy atom. The highest BCUT2D eigenvalue weighted by Gasteiger charge is 2.39. The summed E-state index contributed by atoms with van der Waals surface area (Å²) < 4.78 is 32.1. The fourth-order valence-electron chi connectivity index (χ4n) is 2.01. The molecule has 1 aromatic heterocycles. The largest absolute Gasteiger partial charge is 0.394 e. The highest BCUT2D eigenvalue weighted by atomic mass is 35.5. The Morgan fingerprint density at radius 3 is 2.89 bits per heavy atom. The number of aromatic nitrogens is 1. The summed E-state index contributed by atoms with van der Waals surface area (Å²) in [6.07, 6.45) is 0.723. The van der Waals surface area contributed by atoms with Crippen LogP contribution >= 0.6 is 22.9 Å². The first-order valence-electron chi connectivity index (χ1n) is 5.65. The normalized spacial score (nSPS) is 24.5. The number of ether oxygens (including phenoxy) is 1. The lowest BCUT2D eigenvalue weighted by molar-refractivity contribution is -0.131. The third-order valence-electron chi connectivity index (χ3n) is 2.70. The molecule has 0 aliphatic carbocycles. The molecule has 0 radical (unpaired) electrons. The van der Waals surface area contributed by atoms with E-state index in [-0.39, 0.29) is 28.4 Å². The van der Waals surface area contributed by atoms with E-state index in [0.29, 0.717) is 0 Å². The zero-order chi connectivity index (χ0) is 14.3. The molecule has 1 aliphatic heterocycles. The van der Waals surface area contributed by atoms with E-state index < -0.39 is 21.7 Å². The first-order chi connectivity index (χ1) is 8.74. The van der Waals surface area contributed by atoms with Gasteiger partial charge in [-0.2, -0.15) is 4.31 Å². The summed E-state index contributed by atoms with van der Waals surface area (Å²) in [5.74, 6) is 0. The van der Waals surface area contributed by atoms with Crippen molar-refractivity contribution >= 4 is 33.0 Å². The molecule has 0 amide bonds. The first-order valence-corrected chi connectivity index (χ1v) is 8.28. The van der Waals surface area contributed by atoms with Crippen LogP contribution in [0.25, 0.3) is 0 Å². The quantitative estimate of drug-likeness (QED) is 0.895. The maximum atomic E-state index is 12.5. The van der Waals surface area contributed by atoms with E-state index in [2.05, 4.69) is 4.98 Å². The standard InChI is InChI=1S/C10H15ClN2O4S2/c1-10(2)6-13(4-7(5-14)17-10)19(15,16)8-3-12-9(11)18-8/h3,7,14H,4-6H2,1-2H3. The van der Waals surface area contributed by atoms with Crippen molar-refractivity contribution in [1.82, 2.24) is 9.29 Å². The van der Waals surface area contributed by atoms with Crippen molar-refractivity contribution in [1.29, 1.82) is 0 Å². The fraction of sp³-hybridized carbons (Fsp3) is 0.700. The molecule has 1 atom stereocenters. The van der Waals surface area contributed by atoms with Gasteiger partial charge in [-0.15, -0.1) is 0 Å². The minimum atomic E-state index is -3.64. The van der Waals surface area contributed by atoms with Gasteiger partial charge < -0.3 is 9.84 Å². The van der Waals surface area contributed by atoms with Gasteiger partial charge in [0.25, 0.3) is 10.0 Å². The van der Waals surface area contributed by atoms with Gasteiger partial charge in [-0.3, -0.25) is 0 Å². The number of hydrogen-bond donors (Lipinski definition) is 1. The number of hydrogen-bond acceptors (Lipinski definition) is 6. The molecule has 0 bridgehead atoms. The molecule has 1 N–H and O–H groups in total. The number of nitrogens with zero attached hydrogens (tertiary/aromatic N) is 2. The van der Waals surface area contributed by atoms with E-state index in [1.807, 2.05) is 0 Å². The Bertz CT molecular complexity index is 558. The first kappa shape index (κ1) is 15.1. The second kappa shape index (κ2) is 5.27. The third kappa shape index (κ3) is 3.26. The minimum Gasteiger partial charge on any atom is -0.394 e. The number of aliphatic hydroxyl groups is 1. The molecular formula is C10H15ClN2O4S2. The fourth-order valence-corrected chi connectivity index (χ4v) is 5.08. The van der Waals surface area contributed by atoms with Crippen LogP contribution in [0.3, 0.4) is 0 Å². The van der Waals surface area contributed by atoms with Gasteiger partial charge in [0, 0.05) is 13.1 Å². The Kier molecular flexibility index (Phi) is 4.20. The van der Waals surface area contributed by atoms with Crippen LogP contribution < -0.4 is 0 Å². The molecule has 0 saturated carbocycles. The van der Waals surface area contributed by atoms with Crippen LogP contribution in [0.4, 0.5) is 0 Å². The molecule has 9 heteroatoms. The lowest BCUT2D eigenvalue weighted by atomic mass is 10.1. The van der Waals surface area contributed by atoms with Crippen LogP contribution in [0.1, 0.15) is 13.8 Å². The predicted octanol–water partition coefficient (Wildman–Crippen LogP) is 0.957. The van der Waals surface area contributed by atoms with Crippen LogP contribution in [0.5, 0.6) is 0 Å². The van der Waals surface area contributed by atoms with Crippen molar-refractivity contribution in [3.8, 4) is 0 Å². The van der Waals surface area contributed by atoms with Gasteiger partial charge >= 0.3 is 0 Å². The van der Waals surface area contributed by atoms with Gasteiger partial charge in [-0.05, 0) is 13.8 Å². The summed E-state index contributed by atoms with van der Waals surface area (Å²) in [5, 5.41) is 9.20. The number of thiazole rings is 1. The molecule has 2 heterocycles. The molecule has 108 valence electrons. The lowest BCUT2D eigenvalue weighted by Gasteiger charge is -2.41. The second-order valence-corrected chi connectivity index (χ2v) is 8.69. The molecule has 2 rings (SSSR count). The van der Waals surface area contributed by atoms with Crippen molar-refractivity contribution < 1.29 is 18.3 Å². The molecule has 1 aliphatic rings. The lowest BCUT2D eigenvalue weighted by Crippen LogP contribution is -2.55. The summed E-state index contributed by atoms with van der Waals surface area (Å²) in [4.78, 5) is 3.75. The van der Waals surface area contributed by atoms with E-state index >= 15 is 0 Å². The van der Waals surface area contributed by atoms with Crippen LogP contribution in [0, 0.1) is 0 Å². The summed E-state index contributed by atoms with van der Waals surface area (Å²) in [7, 11) is -3.64. The van der Waals surface area contributed by atoms with E-state index in [4.69, 9.17) is 16.3 Å². The second-order valence-electron chi connectivity index (χ2n) is 4.91. The smallest absolute Gasteiger partial charge is 0.254 e. The highest BCUT2D eigenvalue weighted by Crippen LogP contribution is 2.30. The zero-order valence-corrected chi connectivity index (χ0v) is 12.9. The van der Waals surface area contributed by atoms with E-state index in [9.17, 15) is 13.5 Å². The molecule has 0 spiro atoms. The Hall–Kier alpha value is -0.250. The predicted molar refractivity (Wildman–Crippen MR) is 71.9 cm³/mol. The molecule has 1 fully saturated rings. The summed E-state index contributed by atoms with van der Waals surface area (Å²) in [6, 6.07) is 0. The molecule has 19 heavy (non-hydrogen) atoms. The monoisotopic (exact) mass is 326 g/mol. The van der Waals surface area contributed by atoms with Crippen LogP contribution in [0.15, 0.2) is 10.4 Å². The van der Waals surface area contributed by atoms with Gasteiger partial charge in [0.1, 0.15) is 0 Å². The minimum absolute atomic E-state index is 0.104. The number of sulfonamides is 1. The third-order valence-corrected chi connectivity index (χ3v) is 6.07. The molecular weight excluding hydrogens is 312 g/mol. The average molecular weight is 327 g/mol. The maximum absolute atomic E-state index is 12.5. The Balaban J connectivity index is 2.29. The molecule has 0 aromatic carbocycles. The van der Waals surface area contributed by atoms with Gasteiger partial charge in [0.05, 0.1) is 24.5 Å². The van der Waals surface area contributed by atoms with E-state index in [1.54, 1.807) is 13.8 Å². The zero-order valence-electron chi connectivity index (χ0n) is 10.5. The van der Waals surface area contributed by atoms with Crippen LogP contribution in [-0.4, -0.2) is 54.2 Å². The SMILES string of the molecule is CC1(C)CN(S(=O)(=O)c2cnc(Cl)s2)CC(CO)O1. The number of morpholine rings is 1. The maximum Gasteiger partial charge on any atom is 0.254 e. The van der Waals surface area contributed by atoms with Gasteiger partial charge in [0.15, 0.2) is 8.68 Å². The van der Waals surface area contributed by atoms with E-state index in [1.165, 1.54) is 10.5 Å². The van der Waals surface area contributed by atoms with Crippen molar-refractivity contribution in [3.05, 3.63) is 10.7 Å². The highest BCUT2D eigenvalue weighted by molar-refractivity contribution is 7.91. The molecule has 1 aromatic rings. The summed E-state index contributed by atoms with van der Waals surface area (Å²) in [6.45, 7) is 3.70. The molecule has 1 unspecified atom stereocenters. The summed E-state index contributed by atoms with van der Waals surface area (Å²) in [5.41, 5.74) is -0.646. The van der Waals surface area contributed by atoms with Crippen molar-refractivity contribution in [2.45, 2.75) is 29.8 Å². The van der Waals surface area contributed by atoms with Crippen molar-refractivity contribution in [2.24, 2.45) is 0 Å². The topological polar surface area (TPSA) is 79.7 Å². The Morgan fingerprint density at radius 1 is 1.68 bits per heavy atom. The van der Waals surface area contributed by atoms with E-state index in [0.717, 1.165) is 11.3 Å². The van der Waals surface area contributed by atoms with Gasteiger partial charge in [-0.25, -0.2) is 13.4 Å². The summed E-state index contributed by atoms with van der Waals surface area (Å²) >= 11 is 6.60. The van der Waals surface area contributed by atoms with Crippen LogP contribution in [-0.2, 0) is 14.8 Å². The molecule has 1 saturated heterocycles. The average Bonchev–Trinajstić information content (AvgIpc) is 2.74. The van der Waals surface area contributed by atoms with Crippen molar-refractivity contribution in [3.63, 3.8) is 0 Å². The Labute approximate surface area is 121 Å². The van der Waals surface area contributed by atoms with Gasteiger partial charge in [0.2, 0.25) is 0 Å².